The number of amides is 2. The first-order chi connectivity index (χ1) is 14.6. The highest BCUT2D eigenvalue weighted by Gasteiger charge is 2.18. The zero-order valence-electron chi connectivity index (χ0n) is 17.7. The molecule has 1 N–H and O–H groups in total. The number of para-hydroxylation sites is 1. The summed E-state index contributed by atoms with van der Waals surface area (Å²) in [7, 11) is 1.83. The van der Waals surface area contributed by atoms with Crippen molar-refractivity contribution in [2.45, 2.75) is 38.6 Å². The van der Waals surface area contributed by atoms with E-state index in [1.54, 1.807) is 4.90 Å². The number of hydrogen-bond acceptors (Lipinski definition) is 3. The van der Waals surface area contributed by atoms with Crippen molar-refractivity contribution in [1.29, 1.82) is 0 Å². The zero-order chi connectivity index (χ0) is 20.9. The van der Waals surface area contributed by atoms with Crippen LogP contribution in [0.5, 0.6) is 0 Å². The van der Waals surface area contributed by atoms with Crippen LogP contribution in [0.4, 0.5) is 21.9 Å². The van der Waals surface area contributed by atoms with Crippen LogP contribution in [-0.2, 0) is 6.54 Å². The first-order valence-electron chi connectivity index (χ1n) is 11.0. The van der Waals surface area contributed by atoms with Gasteiger partial charge >= 0.3 is 6.03 Å². The minimum Gasteiger partial charge on any atom is -0.371 e. The van der Waals surface area contributed by atoms with Gasteiger partial charge in [0.05, 0.1) is 10.7 Å². The molecule has 0 spiro atoms. The summed E-state index contributed by atoms with van der Waals surface area (Å²) in [6, 6.07) is 14.1. The van der Waals surface area contributed by atoms with Gasteiger partial charge in [0.1, 0.15) is 0 Å². The molecule has 2 heterocycles. The van der Waals surface area contributed by atoms with Crippen molar-refractivity contribution in [1.82, 2.24) is 4.90 Å². The molecule has 2 aliphatic rings. The maximum absolute atomic E-state index is 12.8. The highest BCUT2D eigenvalue weighted by Crippen LogP contribution is 2.31. The molecule has 2 aromatic carbocycles. The number of carbonyl (C=O) groups is 1. The fourth-order valence-corrected chi connectivity index (χ4v) is 4.73. The van der Waals surface area contributed by atoms with E-state index in [1.807, 2.05) is 31.3 Å². The molecule has 160 valence electrons. The molecule has 5 nitrogen and oxygen atoms in total. The fourth-order valence-electron chi connectivity index (χ4n) is 4.43. The van der Waals surface area contributed by atoms with E-state index in [9.17, 15) is 4.79 Å². The molecule has 2 aromatic rings. The Hall–Kier alpha value is -2.40. The number of hydrogen-bond donors (Lipinski definition) is 1. The number of urea groups is 1. The normalized spacial score (nSPS) is 16.6. The number of carbonyl (C=O) groups excluding carboxylic acids is 1. The first kappa shape index (κ1) is 20.9. The molecule has 0 saturated carbocycles. The van der Waals surface area contributed by atoms with Gasteiger partial charge in [-0.25, -0.2) is 4.79 Å². The van der Waals surface area contributed by atoms with E-state index in [4.69, 9.17) is 11.6 Å². The van der Waals surface area contributed by atoms with Crippen molar-refractivity contribution in [3.63, 3.8) is 0 Å². The lowest BCUT2D eigenvalue weighted by atomic mass is 10.1. The summed E-state index contributed by atoms with van der Waals surface area (Å²) in [5.74, 6) is 0. The van der Waals surface area contributed by atoms with Gasteiger partial charge < -0.3 is 20.0 Å². The summed E-state index contributed by atoms with van der Waals surface area (Å²) in [6.45, 7) is 4.84. The molecule has 0 aliphatic carbocycles. The third-order valence-electron chi connectivity index (χ3n) is 6.09. The average Bonchev–Trinajstić information content (AvgIpc) is 3.29. The SMILES string of the molecule is CN(Cc1ccccc1N1CCCC1)C(=O)Nc1ccc(N2CCCCC2)c(Cl)c1. The van der Waals surface area contributed by atoms with Crippen molar-refractivity contribution in [3.8, 4) is 0 Å². The Balaban J connectivity index is 1.40. The summed E-state index contributed by atoms with van der Waals surface area (Å²) in [4.78, 5) is 19.3. The third kappa shape index (κ3) is 4.84. The predicted molar refractivity (Wildman–Crippen MR) is 126 cm³/mol. The van der Waals surface area contributed by atoms with Gasteiger partial charge in [-0.05, 0) is 61.9 Å². The maximum Gasteiger partial charge on any atom is 0.321 e. The van der Waals surface area contributed by atoms with E-state index in [2.05, 4.69) is 33.3 Å². The molecular formula is C24H31ClN4O. The van der Waals surface area contributed by atoms with Crippen LogP contribution < -0.4 is 15.1 Å². The van der Waals surface area contributed by atoms with E-state index >= 15 is 0 Å². The molecule has 0 radical (unpaired) electrons. The number of nitrogens with one attached hydrogen (secondary N) is 1. The number of anilines is 3. The molecular weight excluding hydrogens is 396 g/mol. The lowest BCUT2D eigenvalue weighted by molar-refractivity contribution is 0.220. The highest BCUT2D eigenvalue weighted by atomic mass is 35.5. The molecule has 2 amide bonds. The summed E-state index contributed by atoms with van der Waals surface area (Å²) >= 11 is 6.54. The Kier molecular flexibility index (Phi) is 6.68. The topological polar surface area (TPSA) is 38.8 Å². The van der Waals surface area contributed by atoms with Crippen molar-refractivity contribution in [2.75, 3.05) is 48.3 Å². The van der Waals surface area contributed by atoms with Crippen LogP contribution in [0.1, 0.15) is 37.7 Å². The molecule has 0 bridgehead atoms. The summed E-state index contributed by atoms with van der Waals surface area (Å²) in [5, 5.41) is 3.68. The van der Waals surface area contributed by atoms with Gasteiger partial charge in [0.15, 0.2) is 0 Å². The third-order valence-corrected chi connectivity index (χ3v) is 6.39. The molecule has 0 unspecified atom stereocenters. The van der Waals surface area contributed by atoms with E-state index in [0.29, 0.717) is 11.6 Å². The highest BCUT2D eigenvalue weighted by molar-refractivity contribution is 6.33. The quantitative estimate of drug-likeness (QED) is 0.676. The largest absolute Gasteiger partial charge is 0.371 e. The Morgan fingerprint density at radius 1 is 0.933 bits per heavy atom. The number of piperidine rings is 1. The molecule has 0 aromatic heterocycles. The van der Waals surface area contributed by atoms with Crippen molar-refractivity contribution in [2.24, 2.45) is 0 Å². The van der Waals surface area contributed by atoms with E-state index < -0.39 is 0 Å². The van der Waals surface area contributed by atoms with Crippen LogP contribution in [0.2, 0.25) is 5.02 Å². The van der Waals surface area contributed by atoms with Gasteiger partial charge in [-0.3, -0.25) is 0 Å². The van der Waals surface area contributed by atoms with Gasteiger partial charge in [0.2, 0.25) is 0 Å². The van der Waals surface area contributed by atoms with Gasteiger partial charge in [-0.2, -0.15) is 0 Å². The standard InChI is InChI=1S/C24H31ClN4O/c1-27(18-19-9-3-4-10-22(19)28-15-7-8-16-28)24(30)26-20-11-12-23(21(25)17-20)29-13-5-2-6-14-29/h3-4,9-12,17H,2,5-8,13-16,18H2,1H3,(H,26,30). The van der Waals surface area contributed by atoms with Crippen LogP contribution in [0.25, 0.3) is 0 Å². The number of rotatable bonds is 5. The fraction of sp³-hybridized carbons (Fsp3) is 0.458. The smallest absolute Gasteiger partial charge is 0.321 e. The van der Waals surface area contributed by atoms with Crippen LogP contribution >= 0.6 is 11.6 Å². The molecule has 2 saturated heterocycles. The Bertz CT molecular complexity index is 875. The minimum absolute atomic E-state index is 0.131. The van der Waals surface area contributed by atoms with E-state index in [1.165, 1.54) is 43.4 Å². The summed E-state index contributed by atoms with van der Waals surface area (Å²) < 4.78 is 0. The molecule has 2 fully saturated rings. The second-order valence-electron chi connectivity index (χ2n) is 8.32. The Morgan fingerprint density at radius 2 is 1.57 bits per heavy atom. The number of benzene rings is 2. The Labute approximate surface area is 184 Å². The van der Waals surface area contributed by atoms with Gasteiger partial charge in [-0.1, -0.05) is 29.8 Å². The molecule has 6 heteroatoms. The van der Waals surface area contributed by atoms with Gasteiger partial charge in [0, 0.05) is 51.1 Å². The van der Waals surface area contributed by atoms with Crippen molar-refractivity contribution in [3.05, 3.63) is 53.1 Å². The zero-order valence-corrected chi connectivity index (χ0v) is 18.5. The van der Waals surface area contributed by atoms with Gasteiger partial charge in [-0.15, -0.1) is 0 Å². The number of nitrogens with zero attached hydrogens (tertiary/aromatic N) is 3. The molecule has 0 atom stereocenters. The van der Waals surface area contributed by atoms with Crippen LogP contribution in [0, 0.1) is 0 Å². The van der Waals surface area contributed by atoms with Crippen molar-refractivity contribution >= 4 is 34.7 Å². The van der Waals surface area contributed by atoms with E-state index in [0.717, 1.165) is 37.6 Å². The Morgan fingerprint density at radius 3 is 2.27 bits per heavy atom. The average molecular weight is 427 g/mol. The summed E-state index contributed by atoms with van der Waals surface area (Å²) in [6.07, 6.45) is 6.17. The van der Waals surface area contributed by atoms with Crippen LogP contribution in [0.15, 0.2) is 42.5 Å². The van der Waals surface area contributed by atoms with Crippen LogP contribution in [0.3, 0.4) is 0 Å². The first-order valence-corrected chi connectivity index (χ1v) is 11.4. The molecule has 30 heavy (non-hydrogen) atoms. The minimum atomic E-state index is -0.131. The maximum atomic E-state index is 12.8. The number of halogens is 1. The van der Waals surface area contributed by atoms with Gasteiger partial charge in [0.25, 0.3) is 0 Å². The molecule has 4 rings (SSSR count). The lowest BCUT2D eigenvalue weighted by Gasteiger charge is -2.29. The van der Waals surface area contributed by atoms with Crippen LogP contribution in [-0.4, -0.2) is 44.2 Å². The lowest BCUT2D eigenvalue weighted by Crippen LogP contribution is -2.32. The summed E-state index contributed by atoms with van der Waals surface area (Å²) in [5.41, 5.74) is 4.20. The second-order valence-corrected chi connectivity index (χ2v) is 8.73. The monoisotopic (exact) mass is 426 g/mol. The molecule has 2 aliphatic heterocycles. The van der Waals surface area contributed by atoms with E-state index in [-0.39, 0.29) is 6.03 Å². The second kappa shape index (κ2) is 9.61. The predicted octanol–water partition coefficient (Wildman–Crippen LogP) is 5.59. The van der Waals surface area contributed by atoms with Crippen molar-refractivity contribution < 1.29 is 4.79 Å².